The van der Waals surface area contributed by atoms with Gasteiger partial charge in [-0.2, -0.15) is 6.08 Å². The standard InChI is InChI=1S/C6H7.3CHO.Ru/c1-2-4-6-5-3-1;3*1-2;/h1-3H,4,6H2;3*1H;/q4*-1;+4. The molecule has 0 aromatic rings. The second kappa shape index (κ2) is 43.5. The Bertz CT molecular complexity index is 107. The maximum atomic E-state index is 7.75. The second-order valence-corrected chi connectivity index (χ2v) is 1.34. The van der Waals surface area contributed by atoms with Crippen LogP contribution in [-0.2, 0) is 33.9 Å². The van der Waals surface area contributed by atoms with Crippen molar-refractivity contribution < 1.29 is 33.9 Å². The molecule has 0 fully saturated rings. The summed E-state index contributed by atoms with van der Waals surface area (Å²) in [7, 11) is 0. The van der Waals surface area contributed by atoms with Gasteiger partial charge in [-0.15, -0.1) is 6.42 Å². The average Bonchev–Trinajstić information content (AvgIpc) is 2.29. The van der Waals surface area contributed by atoms with Gasteiger partial charge in [0.2, 0.25) is 0 Å². The minimum absolute atomic E-state index is 0. The first-order valence-corrected chi connectivity index (χ1v) is 2.92. The van der Waals surface area contributed by atoms with Gasteiger partial charge in [0.25, 0.3) is 0 Å². The van der Waals surface area contributed by atoms with E-state index in [0.717, 1.165) is 6.42 Å². The SMILES string of the molecule is [C-]1=CC=CCC1.[CH-]=O.[CH-]=O.[CH-]=O.[Ru+4]. The number of carbonyl (C=O) groups excluding carboxylic acids is 3. The molecule has 0 heterocycles. The molecule has 0 N–H and O–H groups in total. The van der Waals surface area contributed by atoms with Gasteiger partial charge in [0.05, 0.1) is 0 Å². The second-order valence-electron chi connectivity index (χ2n) is 1.34. The molecule has 1 aliphatic carbocycles. The minimum Gasteiger partial charge on any atom is -0.545 e. The summed E-state index contributed by atoms with van der Waals surface area (Å²) >= 11 is 0. The fraction of sp³-hybridized carbons (Fsp3) is 0.222. The number of allylic oxidation sites excluding steroid dienone is 4. The van der Waals surface area contributed by atoms with E-state index in [4.69, 9.17) is 14.4 Å². The third-order valence-electron chi connectivity index (χ3n) is 0.806. The fourth-order valence-corrected chi connectivity index (χ4v) is 0.482. The predicted octanol–water partition coefficient (Wildman–Crippen LogP) is 0.871. The number of rotatable bonds is 0. The van der Waals surface area contributed by atoms with Gasteiger partial charge in [-0.1, -0.05) is 6.42 Å². The zero-order valence-corrected chi connectivity index (χ0v) is 8.69. The van der Waals surface area contributed by atoms with E-state index in [1.807, 2.05) is 12.2 Å². The van der Waals surface area contributed by atoms with Gasteiger partial charge in [0.1, 0.15) is 0 Å². The van der Waals surface area contributed by atoms with Crippen LogP contribution in [-0.4, -0.2) is 20.4 Å². The van der Waals surface area contributed by atoms with Gasteiger partial charge in [-0.05, 0) is 0 Å². The van der Waals surface area contributed by atoms with Crippen molar-refractivity contribution in [3.8, 4) is 0 Å². The van der Waals surface area contributed by atoms with Crippen molar-refractivity contribution in [1.82, 2.24) is 0 Å². The van der Waals surface area contributed by atoms with Crippen LogP contribution in [0.4, 0.5) is 0 Å². The van der Waals surface area contributed by atoms with Gasteiger partial charge in [-0.25, -0.2) is 12.2 Å². The first-order valence-electron chi connectivity index (χ1n) is 2.92. The minimum atomic E-state index is 0. The Morgan fingerprint density at radius 2 is 1.46 bits per heavy atom. The quantitative estimate of drug-likeness (QED) is 0.372. The van der Waals surface area contributed by atoms with Crippen molar-refractivity contribution >= 4 is 20.4 Å². The van der Waals surface area contributed by atoms with Crippen molar-refractivity contribution in [1.29, 1.82) is 0 Å². The summed E-state index contributed by atoms with van der Waals surface area (Å²) in [5.74, 6) is 0. The molecule has 0 radical (unpaired) electrons. The smallest absolute Gasteiger partial charge is 0.545 e. The number of hydrogen-bond donors (Lipinski definition) is 0. The molecule has 0 saturated carbocycles. The first-order chi connectivity index (χ1) is 6.00. The van der Waals surface area contributed by atoms with Gasteiger partial charge >= 0.3 is 19.5 Å². The summed E-state index contributed by atoms with van der Waals surface area (Å²) in [5.41, 5.74) is 0. The zero-order chi connectivity index (χ0) is 10.2. The van der Waals surface area contributed by atoms with Gasteiger partial charge in [-0.3, -0.25) is 26.4 Å². The summed E-state index contributed by atoms with van der Waals surface area (Å²) in [6.07, 6.45) is 11.5. The van der Waals surface area contributed by atoms with Crippen LogP contribution in [0.5, 0.6) is 0 Å². The Labute approximate surface area is 91.7 Å². The molecule has 0 amide bonds. The largest absolute Gasteiger partial charge is 4.00 e. The van der Waals surface area contributed by atoms with Crippen molar-refractivity contribution in [2.45, 2.75) is 12.8 Å². The molecule has 13 heavy (non-hydrogen) atoms. The van der Waals surface area contributed by atoms with E-state index in [1.54, 1.807) is 0 Å². The van der Waals surface area contributed by atoms with Crippen LogP contribution in [0.3, 0.4) is 0 Å². The van der Waals surface area contributed by atoms with Crippen LogP contribution in [0, 0.1) is 6.08 Å². The zero-order valence-electron chi connectivity index (χ0n) is 6.96. The molecule has 3 nitrogen and oxygen atoms in total. The molecule has 4 heteroatoms. The summed E-state index contributed by atoms with van der Waals surface area (Å²) in [4.78, 5) is 23.2. The van der Waals surface area contributed by atoms with Crippen LogP contribution in [0.1, 0.15) is 12.8 Å². The molecular formula is C9H10O3Ru. The Balaban J connectivity index is -0.0000000508. The molecule has 0 aromatic carbocycles. The van der Waals surface area contributed by atoms with Crippen LogP contribution < -0.4 is 0 Å². The van der Waals surface area contributed by atoms with E-state index in [0.29, 0.717) is 0 Å². The molecule has 0 atom stereocenters. The van der Waals surface area contributed by atoms with Crippen molar-refractivity contribution in [2.75, 3.05) is 0 Å². The molecule has 0 aromatic heterocycles. The Kier molecular flexibility index (Phi) is 76.0. The molecule has 72 valence electrons. The van der Waals surface area contributed by atoms with Crippen LogP contribution in [0.25, 0.3) is 0 Å². The van der Waals surface area contributed by atoms with E-state index in [-0.39, 0.29) is 19.5 Å². The van der Waals surface area contributed by atoms with E-state index in [1.165, 1.54) is 6.42 Å². The third kappa shape index (κ3) is 35.3. The fourth-order valence-electron chi connectivity index (χ4n) is 0.482. The Morgan fingerprint density at radius 1 is 1.00 bits per heavy atom. The molecule has 1 aliphatic rings. The molecule has 0 spiro atoms. The maximum absolute atomic E-state index is 7.75. The summed E-state index contributed by atoms with van der Waals surface area (Å²) in [5, 5.41) is 0. The van der Waals surface area contributed by atoms with Gasteiger partial charge in [0, 0.05) is 0 Å². The van der Waals surface area contributed by atoms with Crippen molar-refractivity contribution in [3.63, 3.8) is 0 Å². The molecule has 0 saturated heterocycles. The van der Waals surface area contributed by atoms with E-state index >= 15 is 0 Å². The monoisotopic (exact) mass is 268 g/mol. The van der Waals surface area contributed by atoms with Crippen molar-refractivity contribution in [2.24, 2.45) is 0 Å². The van der Waals surface area contributed by atoms with Crippen LogP contribution in [0.15, 0.2) is 18.2 Å². The molecule has 0 aliphatic heterocycles. The Morgan fingerprint density at radius 3 is 1.54 bits per heavy atom. The van der Waals surface area contributed by atoms with Crippen LogP contribution >= 0.6 is 0 Å². The van der Waals surface area contributed by atoms with Crippen LogP contribution in [0.2, 0.25) is 0 Å². The normalized spacial score (nSPS) is 9.54. The summed E-state index contributed by atoms with van der Waals surface area (Å²) in [6, 6.07) is 0. The third-order valence-corrected chi connectivity index (χ3v) is 0.806. The first kappa shape index (κ1) is 22.7. The van der Waals surface area contributed by atoms with E-state index in [9.17, 15) is 0 Å². The molecular weight excluding hydrogens is 257 g/mol. The predicted molar refractivity (Wildman–Crippen MR) is 46.4 cm³/mol. The van der Waals surface area contributed by atoms with Gasteiger partial charge in [0.15, 0.2) is 0 Å². The van der Waals surface area contributed by atoms with Gasteiger partial charge < -0.3 is 14.4 Å². The molecule has 1 rings (SSSR count). The number of hydrogen-bond acceptors (Lipinski definition) is 3. The van der Waals surface area contributed by atoms with E-state index < -0.39 is 0 Å². The van der Waals surface area contributed by atoms with Crippen molar-refractivity contribution in [3.05, 3.63) is 24.3 Å². The topological polar surface area (TPSA) is 51.2 Å². The average molecular weight is 267 g/mol. The molecule has 0 bridgehead atoms. The van der Waals surface area contributed by atoms with E-state index in [2.05, 4.69) is 32.5 Å². The maximum Gasteiger partial charge on any atom is 4.00 e. The molecule has 0 unspecified atom stereocenters. The summed E-state index contributed by atoms with van der Waals surface area (Å²) in [6.45, 7) is 9.75. The Hall–Kier alpha value is -0.887. The summed E-state index contributed by atoms with van der Waals surface area (Å²) < 4.78 is 0.